The molecule has 0 bridgehead atoms. The number of aryl methyl sites for hydroxylation is 1. The fourth-order valence-electron chi connectivity index (χ4n) is 3.12. The van der Waals surface area contributed by atoms with Crippen LogP contribution in [-0.4, -0.2) is 19.0 Å². The molecular weight excluding hydrogens is 538 g/mol. The van der Waals surface area contributed by atoms with Crippen LogP contribution in [0, 0.1) is 6.92 Å². The summed E-state index contributed by atoms with van der Waals surface area (Å²) < 4.78 is 18.5. The lowest BCUT2D eigenvalue weighted by atomic mass is 10.1. The van der Waals surface area contributed by atoms with E-state index in [0.29, 0.717) is 22.6 Å². The van der Waals surface area contributed by atoms with E-state index in [0.717, 1.165) is 21.2 Å². The zero-order valence-corrected chi connectivity index (χ0v) is 20.6. The van der Waals surface area contributed by atoms with E-state index in [1.807, 2.05) is 61.5 Å². The second-order valence-corrected chi connectivity index (χ2v) is 8.92. The molecule has 1 aliphatic rings. The molecule has 1 heterocycles. The monoisotopic (exact) mass is 555 g/mol. The van der Waals surface area contributed by atoms with Crippen LogP contribution in [0.1, 0.15) is 22.3 Å². The number of carbonyl (C=O) groups is 1. The zero-order chi connectivity index (χ0) is 22.7. The molecule has 32 heavy (non-hydrogen) atoms. The highest BCUT2D eigenvalue weighted by molar-refractivity contribution is 9.10. The predicted molar refractivity (Wildman–Crippen MR) is 131 cm³/mol. The lowest BCUT2D eigenvalue weighted by molar-refractivity contribution is -0.129. The van der Waals surface area contributed by atoms with Gasteiger partial charge in [0.15, 0.2) is 17.2 Å². The third kappa shape index (κ3) is 5.11. The van der Waals surface area contributed by atoms with Gasteiger partial charge in [-0.05, 0) is 70.4 Å². The van der Waals surface area contributed by atoms with Crippen LogP contribution in [0.25, 0.3) is 6.08 Å². The normalized spacial score (nSPS) is 14.3. The van der Waals surface area contributed by atoms with Crippen molar-refractivity contribution in [1.82, 2.24) is 0 Å². The molecule has 0 saturated carbocycles. The number of halogens is 2. The van der Waals surface area contributed by atoms with E-state index in [1.54, 1.807) is 19.3 Å². The van der Waals surface area contributed by atoms with Gasteiger partial charge in [0.2, 0.25) is 5.90 Å². The average molecular weight is 557 g/mol. The second kappa shape index (κ2) is 9.71. The van der Waals surface area contributed by atoms with Crippen molar-refractivity contribution in [3.8, 4) is 11.5 Å². The molecule has 0 fully saturated rings. The van der Waals surface area contributed by atoms with Crippen molar-refractivity contribution in [3.63, 3.8) is 0 Å². The Morgan fingerprint density at radius 2 is 1.84 bits per heavy atom. The Balaban J connectivity index is 1.59. The van der Waals surface area contributed by atoms with Gasteiger partial charge in [0.25, 0.3) is 0 Å². The minimum absolute atomic E-state index is 0.210. The maximum atomic E-state index is 12.4. The topological polar surface area (TPSA) is 57.1 Å². The summed E-state index contributed by atoms with van der Waals surface area (Å²) in [5.41, 5.74) is 3.90. The molecular formula is C25H19Br2NO4. The maximum absolute atomic E-state index is 12.4. The molecule has 162 valence electrons. The Hall–Kier alpha value is -2.90. The minimum atomic E-state index is -0.505. The van der Waals surface area contributed by atoms with Gasteiger partial charge in [-0.15, -0.1) is 0 Å². The zero-order valence-electron chi connectivity index (χ0n) is 17.4. The number of benzene rings is 3. The Kier molecular flexibility index (Phi) is 6.77. The fourth-order valence-corrected chi connectivity index (χ4v) is 4.09. The quantitative estimate of drug-likeness (QED) is 0.258. The first-order valence-electron chi connectivity index (χ1n) is 9.77. The van der Waals surface area contributed by atoms with Crippen LogP contribution in [0.4, 0.5) is 0 Å². The van der Waals surface area contributed by atoms with Crippen LogP contribution in [0.2, 0.25) is 0 Å². The van der Waals surface area contributed by atoms with Crippen LogP contribution in [0.15, 0.2) is 80.3 Å². The van der Waals surface area contributed by atoms with E-state index in [1.165, 1.54) is 5.56 Å². The number of carbonyl (C=O) groups excluding carboxylic acids is 1. The molecule has 0 aliphatic carbocycles. The molecule has 0 radical (unpaired) electrons. The lowest BCUT2D eigenvalue weighted by Crippen LogP contribution is -2.05. The van der Waals surface area contributed by atoms with E-state index < -0.39 is 5.97 Å². The Morgan fingerprint density at radius 3 is 2.56 bits per heavy atom. The minimum Gasteiger partial charge on any atom is -0.493 e. The van der Waals surface area contributed by atoms with Crippen molar-refractivity contribution in [2.24, 2.45) is 4.99 Å². The summed E-state index contributed by atoms with van der Waals surface area (Å²) in [5.74, 6) is 0.893. The molecule has 0 unspecified atom stereocenters. The molecule has 7 heteroatoms. The van der Waals surface area contributed by atoms with Gasteiger partial charge in [0.05, 0.1) is 11.6 Å². The third-order valence-corrected chi connectivity index (χ3v) is 5.83. The molecule has 5 nitrogen and oxygen atoms in total. The van der Waals surface area contributed by atoms with E-state index in [4.69, 9.17) is 14.2 Å². The van der Waals surface area contributed by atoms with Gasteiger partial charge in [-0.25, -0.2) is 9.79 Å². The lowest BCUT2D eigenvalue weighted by Gasteiger charge is -2.14. The summed E-state index contributed by atoms with van der Waals surface area (Å²) in [6.45, 7) is 2.45. The first-order chi connectivity index (χ1) is 15.4. The van der Waals surface area contributed by atoms with E-state index >= 15 is 0 Å². The number of nitrogens with zero attached hydrogens (tertiary/aromatic N) is 1. The van der Waals surface area contributed by atoms with Gasteiger partial charge in [-0.3, -0.25) is 0 Å². The summed E-state index contributed by atoms with van der Waals surface area (Å²) in [6, 6.07) is 19.2. The van der Waals surface area contributed by atoms with Crippen molar-refractivity contribution in [1.29, 1.82) is 0 Å². The highest BCUT2D eigenvalue weighted by Crippen LogP contribution is 2.38. The van der Waals surface area contributed by atoms with Crippen molar-refractivity contribution < 1.29 is 19.0 Å². The molecule has 0 aromatic heterocycles. The Bertz CT molecular complexity index is 1230. The summed E-state index contributed by atoms with van der Waals surface area (Å²) in [7, 11) is 1.57. The number of esters is 1. The Morgan fingerprint density at radius 1 is 1.06 bits per heavy atom. The van der Waals surface area contributed by atoms with Crippen LogP contribution < -0.4 is 9.47 Å². The maximum Gasteiger partial charge on any atom is 0.363 e. The van der Waals surface area contributed by atoms with E-state index in [2.05, 4.69) is 36.9 Å². The summed E-state index contributed by atoms with van der Waals surface area (Å²) in [5, 5.41) is 0. The average Bonchev–Trinajstić information content (AvgIpc) is 3.14. The molecule has 4 rings (SSSR count). The molecule has 0 spiro atoms. The SMILES string of the molecule is COc1cc(/C=C2\N=C(c3cccc(Br)c3)OC2=O)cc(Br)c1OCc1ccc(C)cc1. The molecule has 3 aromatic carbocycles. The van der Waals surface area contributed by atoms with E-state index in [9.17, 15) is 4.79 Å². The highest BCUT2D eigenvalue weighted by Gasteiger charge is 2.24. The van der Waals surface area contributed by atoms with Crippen molar-refractivity contribution in [3.05, 3.63) is 97.6 Å². The number of ether oxygens (including phenoxy) is 3. The molecule has 0 amide bonds. The predicted octanol–water partition coefficient (Wildman–Crippen LogP) is 6.45. The van der Waals surface area contributed by atoms with Crippen molar-refractivity contribution in [2.75, 3.05) is 7.11 Å². The van der Waals surface area contributed by atoms with Crippen molar-refractivity contribution in [2.45, 2.75) is 13.5 Å². The largest absolute Gasteiger partial charge is 0.493 e. The number of hydrogen-bond donors (Lipinski definition) is 0. The summed E-state index contributed by atoms with van der Waals surface area (Å²) in [4.78, 5) is 16.7. The van der Waals surface area contributed by atoms with Gasteiger partial charge in [-0.1, -0.05) is 51.8 Å². The van der Waals surface area contributed by atoms with Crippen LogP contribution in [0.5, 0.6) is 11.5 Å². The first-order valence-corrected chi connectivity index (χ1v) is 11.4. The van der Waals surface area contributed by atoms with E-state index in [-0.39, 0.29) is 11.6 Å². The number of hydrogen-bond acceptors (Lipinski definition) is 5. The number of aliphatic imine (C=N–C) groups is 1. The molecule has 1 aliphatic heterocycles. The Labute approximate surface area is 203 Å². The van der Waals surface area contributed by atoms with Gasteiger partial charge in [0, 0.05) is 10.0 Å². The van der Waals surface area contributed by atoms with Crippen molar-refractivity contribution >= 4 is 49.8 Å². The molecule has 0 saturated heterocycles. The van der Waals surface area contributed by atoms with Gasteiger partial charge in [0.1, 0.15) is 6.61 Å². The number of methoxy groups -OCH3 is 1. The number of rotatable bonds is 6. The third-order valence-electron chi connectivity index (χ3n) is 4.75. The standard InChI is InChI=1S/C25H19Br2NO4/c1-15-6-8-16(9-7-15)14-31-23-20(27)10-17(12-22(23)30-2)11-21-25(29)32-24(28-21)18-4-3-5-19(26)13-18/h3-13H,14H2,1-2H3/b21-11-. The van der Waals surface area contributed by atoms with Gasteiger partial charge < -0.3 is 14.2 Å². The fraction of sp³-hybridized carbons (Fsp3) is 0.120. The van der Waals surface area contributed by atoms with Crippen LogP contribution in [-0.2, 0) is 16.1 Å². The smallest absolute Gasteiger partial charge is 0.363 e. The summed E-state index contributed by atoms with van der Waals surface area (Å²) in [6.07, 6.45) is 1.66. The van der Waals surface area contributed by atoms with Gasteiger partial charge in [-0.2, -0.15) is 0 Å². The number of cyclic esters (lactones) is 1. The molecule has 0 atom stereocenters. The highest BCUT2D eigenvalue weighted by atomic mass is 79.9. The molecule has 0 N–H and O–H groups in total. The van der Waals surface area contributed by atoms with Crippen LogP contribution >= 0.6 is 31.9 Å². The summed E-state index contributed by atoms with van der Waals surface area (Å²) >= 11 is 6.97. The molecule has 3 aromatic rings. The second-order valence-electron chi connectivity index (χ2n) is 7.15. The van der Waals surface area contributed by atoms with Gasteiger partial charge >= 0.3 is 5.97 Å². The van der Waals surface area contributed by atoms with Crippen LogP contribution in [0.3, 0.4) is 0 Å². The first kappa shape index (κ1) is 22.3.